The molecule has 1 heterocycles. The van der Waals surface area contributed by atoms with Crippen LogP contribution in [0.25, 0.3) is 0 Å². The molecule has 0 radical (unpaired) electrons. The van der Waals surface area contributed by atoms with E-state index in [1.54, 1.807) is 7.11 Å². The molecule has 4 heteroatoms. The normalized spacial score (nSPS) is 15.0. The Morgan fingerprint density at radius 2 is 1.71 bits per heavy atom. The quantitative estimate of drug-likeness (QED) is 0.780. The molecule has 0 bridgehead atoms. The maximum atomic E-state index is 5.64. The maximum absolute atomic E-state index is 5.64. The Kier molecular flexibility index (Phi) is 4.56. The molecule has 1 aliphatic rings. The van der Waals surface area contributed by atoms with Crippen LogP contribution >= 0.6 is 0 Å². The average molecular weight is 328 g/mol. The first-order valence-corrected chi connectivity index (χ1v) is 8.33. The van der Waals surface area contributed by atoms with Crippen LogP contribution in [0, 0.1) is 0 Å². The van der Waals surface area contributed by atoms with Crippen LogP contribution in [0.3, 0.4) is 0 Å². The van der Waals surface area contributed by atoms with Crippen molar-refractivity contribution in [1.82, 2.24) is 0 Å². The molecule has 2 aromatic rings. The molecule has 0 amide bonds. The smallest absolute Gasteiger partial charge is 0.231 e. The van der Waals surface area contributed by atoms with Crippen LogP contribution in [0.1, 0.15) is 38.3 Å². The summed E-state index contributed by atoms with van der Waals surface area (Å²) in [6, 6.07) is 12.2. The molecule has 128 valence electrons. The van der Waals surface area contributed by atoms with Crippen molar-refractivity contribution >= 4 is 0 Å². The zero-order chi connectivity index (χ0) is 17.2. The van der Waals surface area contributed by atoms with E-state index in [4.69, 9.17) is 18.9 Å². The third-order valence-corrected chi connectivity index (χ3v) is 4.80. The number of hydrogen-bond donors (Lipinski definition) is 0. The number of methoxy groups -OCH3 is 1. The minimum absolute atomic E-state index is 0.197. The maximum Gasteiger partial charge on any atom is 0.231 e. The largest absolute Gasteiger partial charge is 0.496 e. The van der Waals surface area contributed by atoms with Crippen molar-refractivity contribution < 1.29 is 18.9 Å². The van der Waals surface area contributed by atoms with E-state index < -0.39 is 0 Å². The van der Waals surface area contributed by atoms with Crippen LogP contribution in [0.5, 0.6) is 23.0 Å². The minimum atomic E-state index is -0.197. The van der Waals surface area contributed by atoms with E-state index in [0.717, 1.165) is 35.0 Å². The highest BCUT2D eigenvalue weighted by atomic mass is 16.7. The molecule has 0 spiro atoms. The summed E-state index contributed by atoms with van der Waals surface area (Å²) < 4.78 is 22.2. The summed E-state index contributed by atoms with van der Waals surface area (Å²) in [5.74, 6) is 3.21. The average Bonchev–Trinajstić information content (AvgIpc) is 3.08. The van der Waals surface area contributed by atoms with Gasteiger partial charge < -0.3 is 18.9 Å². The van der Waals surface area contributed by atoms with Gasteiger partial charge in [-0.3, -0.25) is 0 Å². The van der Waals surface area contributed by atoms with Crippen molar-refractivity contribution in [1.29, 1.82) is 0 Å². The number of ether oxygens (including phenoxy) is 4. The van der Waals surface area contributed by atoms with E-state index in [1.165, 1.54) is 5.56 Å². The van der Waals surface area contributed by atoms with Gasteiger partial charge in [-0.25, -0.2) is 0 Å². The molecule has 0 saturated carbocycles. The van der Waals surface area contributed by atoms with Gasteiger partial charge in [0.25, 0.3) is 0 Å². The summed E-state index contributed by atoms with van der Waals surface area (Å²) in [4.78, 5) is 0. The van der Waals surface area contributed by atoms with Crippen LogP contribution in [-0.4, -0.2) is 20.5 Å². The van der Waals surface area contributed by atoms with Gasteiger partial charge in [0.05, 0.1) is 13.7 Å². The highest BCUT2D eigenvalue weighted by Gasteiger charge is 2.32. The van der Waals surface area contributed by atoms with Crippen LogP contribution < -0.4 is 18.9 Å². The summed E-state index contributed by atoms with van der Waals surface area (Å²) in [6.07, 6.45) is 0.928. The lowest BCUT2D eigenvalue weighted by molar-refractivity contribution is 0.174. The van der Waals surface area contributed by atoms with E-state index in [9.17, 15) is 0 Å². The van der Waals surface area contributed by atoms with Gasteiger partial charge in [-0.2, -0.15) is 0 Å². The number of fused-ring (bicyclic) bond motifs is 1. The highest BCUT2D eigenvalue weighted by Crippen LogP contribution is 2.46. The summed E-state index contributed by atoms with van der Waals surface area (Å²) in [7, 11) is 1.69. The Morgan fingerprint density at radius 3 is 2.29 bits per heavy atom. The summed E-state index contributed by atoms with van der Waals surface area (Å²) >= 11 is 0. The fraction of sp³-hybridized carbons (Fsp3) is 0.400. The zero-order valence-electron chi connectivity index (χ0n) is 14.7. The molecule has 1 aliphatic heterocycles. The molecule has 0 N–H and O–H groups in total. The predicted molar refractivity (Wildman–Crippen MR) is 93.5 cm³/mol. The molecule has 1 atom stereocenters. The molecule has 0 unspecified atom stereocenters. The van der Waals surface area contributed by atoms with Crippen LogP contribution in [-0.2, 0) is 5.41 Å². The fourth-order valence-electron chi connectivity index (χ4n) is 3.16. The Bertz CT molecular complexity index is 708. The zero-order valence-corrected chi connectivity index (χ0v) is 14.7. The van der Waals surface area contributed by atoms with Crippen molar-refractivity contribution in [3.63, 3.8) is 0 Å². The first-order chi connectivity index (χ1) is 11.6. The number of rotatable bonds is 6. The second-order valence-corrected chi connectivity index (χ2v) is 6.05. The predicted octanol–water partition coefficient (Wildman–Crippen LogP) is 4.54. The Labute approximate surface area is 143 Å². The molecule has 0 fully saturated rings. The fourth-order valence-corrected chi connectivity index (χ4v) is 3.16. The lowest BCUT2D eigenvalue weighted by atomic mass is 9.73. The topological polar surface area (TPSA) is 36.9 Å². The second kappa shape index (κ2) is 6.63. The van der Waals surface area contributed by atoms with E-state index in [1.807, 2.05) is 31.2 Å². The molecule has 3 rings (SSSR count). The number of benzene rings is 2. The van der Waals surface area contributed by atoms with Gasteiger partial charge in [0.1, 0.15) is 11.5 Å². The number of hydrogen-bond acceptors (Lipinski definition) is 4. The molecule has 0 aliphatic carbocycles. The molecular formula is C20H24O4. The van der Waals surface area contributed by atoms with Gasteiger partial charge in [0.2, 0.25) is 6.79 Å². The van der Waals surface area contributed by atoms with Crippen molar-refractivity contribution in [2.75, 3.05) is 20.5 Å². The van der Waals surface area contributed by atoms with Crippen molar-refractivity contribution in [2.45, 2.75) is 32.6 Å². The Morgan fingerprint density at radius 1 is 1.04 bits per heavy atom. The standard InChI is InChI=1S/C20H24O4/c1-5-20(3,14-7-9-15(10-8-14)22-6-2)16-11-18-19(24-13-23-18)12-17(16)21-4/h7-12H,5-6,13H2,1-4H3/t20-/m1/s1. The van der Waals surface area contributed by atoms with E-state index in [2.05, 4.69) is 26.0 Å². The van der Waals surface area contributed by atoms with Gasteiger partial charge in [0, 0.05) is 17.0 Å². The minimum Gasteiger partial charge on any atom is -0.496 e. The lowest BCUT2D eigenvalue weighted by Crippen LogP contribution is -2.23. The van der Waals surface area contributed by atoms with Gasteiger partial charge >= 0.3 is 0 Å². The van der Waals surface area contributed by atoms with E-state index in [-0.39, 0.29) is 12.2 Å². The van der Waals surface area contributed by atoms with Crippen molar-refractivity contribution in [3.05, 3.63) is 47.5 Å². The SMILES string of the molecule is CCOc1ccc([C@@](C)(CC)c2cc3c(cc2OC)OCO3)cc1. The summed E-state index contributed by atoms with van der Waals surface area (Å²) in [5, 5.41) is 0. The third kappa shape index (κ3) is 2.77. The summed E-state index contributed by atoms with van der Waals surface area (Å²) in [6.45, 7) is 7.32. The highest BCUT2D eigenvalue weighted by molar-refractivity contribution is 5.57. The molecule has 4 nitrogen and oxygen atoms in total. The van der Waals surface area contributed by atoms with Crippen LogP contribution in [0.4, 0.5) is 0 Å². The van der Waals surface area contributed by atoms with Crippen LogP contribution in [0.15, 0.2) is 36.4 Å². The van der Waals surface area contributed by atoms with Crippen molar-refractivity contribution in [3.8, 4) is 23.0 Å². The molecule has 24 heavy (non-hydrogen) atoms. The molecular weight excluding hydrogens is 304 g/mol. The van der Waals surface area contributed by atoms with E-state index >= 15 is 0 Å². The van der Waals surface area contributed by atoms with Gasteiger partial charge in [-0.05, 0) is 37.1 Å². The van der Waals surface area contributed by atoms with Gasteiger partial charge in [-0.1, -0.05) is 26.0 Å². The first kappa shape index (κ1) is 16.5. The summed E-state index contributed by atoms with van der Waals surface area (Å²) in [5.41, 5.74) is 2.11. The van der Waals surface area contributed by atoms with Crippen LogP contribution in [0.2, 0.25) is 0 Å². The molecule has 0 saturated heterocycles. The monoisotopic (exact) mass is 328 g/mol. The molecule has 2 aromatic carbocycles. The van der Waals surface area contributed by atoms with Gasteiger partial charge in [0.15, 0.2) is 11.5 Å². The van der Waals surface area contributed by atoms with Gasteiger partial charge in [-0.15, -0.1) is 0 Å². The lowest BCUT2D eigenvalue weighted by Gasteiger charge is -2.31. The third-order valence-electron chi connectivity index (χ3n) is 4.80. The van der Waals surface area contributed by atoms with Crippen molar-refractivity contribution in [2.24, 2.45) is 0 Å². The van der Waals surface area contributed by atoms with E-state index in [0.29, 0.717) is 6.61 Å². The molecule has 0 aromatic heterocycles. The first-order valence-electron chi connectivity index (χ1n) is 8.33. The Balaban J connectivity index is 2.06. The Hall–Kier alpha value is -2.36. The second-order valence-electron chi connectivity index (χ2n) is 6.05.